The fourth-order valence-electron chi connectivity index (χ4n) is 2.44. The van der Waals surface area contributed by atoms with Crippen LogP contribution in [0.1, 0.15) is 37.7 Å². The second kappa shape index (κ2) is 5.63. The van der Waals surface area contributed by atoms with E-state index in [1.54, 1.807) is 6.92 Å². The maximum atomic E-state index is 12.1. The van der Waals surface area contributed by atoms with Gasteiger partial charge in [0.15, 0.2) is 5.69 Å². The Balaban J connectivity index is 2.06. The van der Waals surface area contributed by atoms with Crippen molar-refractivity contribution < 1.29 is 9.90 Å². The summed E-state index contributed by atoms with van der Waals surface area (Å²) in [6.45, 7) is 6.02. The molecule has 1 aromatic carbocycles. The van der Waals surface area contributed by atoms with Crippen LogP contribution in [-0.4, -0.2) is 33.4 Å². The first-order valence-corrected chi connectivity index (χ1v) is 6.83. The first-order valence-electron chi connectivity index (χ1n) is 6.83. The predicted octanol–water partition coefficient (Wildman–Crippen LogP) is 2.09. The van der Waals surface area contributed by atoms with Crippen molar-refractivity contribution in [3.05, 3.63) is 30.0 Å². The predicted molar refractivity (Wildman–Crippen MR) is 78.5 cm³/mol. The SMILES string of the molecule is CC(C)CC(C)(O)CNC(=O)c1n[nH]c2ccccc12. The van der Waals surface area contributed by atoms with Crippen molar-refractivity contribution in [2.75, 3.05) is 6.54 Å². The number of carbonyl (C=O) groups excluding carboxylic acids is 1. The van der Waals surface area contributed by atoms with Crippen molar-refractivity contribution in [1.82, 2.24) is 15.5 Å². The first-order chi connectivity index (χ1) is 9.39. The third-order valence-electron chi connectivity index (χ3n) is 3.16. The molecule has 0 aliphatic carbocycles. The molecule has 1 atom stereocenters. The Hall–Kier alpha value is -1.88. The number of carbonyl (C=O) groups is 1. The van der Waals surface area contributed by atoms with E-state index in [2.05, 4.69) is 15.5 Å². The molecule has 0 saturated carbocycles. The van der Waals surface area contributed by atoms with Gasteiger partial charge in [0.05, 0.1) is 11.1 Å². The highest BCUT2D eigenvalue weighted by atomic mass is 16.3. The normalized spacial score (nSPS) is 14.4. The molecule has 108 valence electrons. The first kappa shape index (κ1) is 14.5. The van der Waals surface area contributed by atoms with E-state index < -0.39 is 5.60 Å². The molecule has 1 amide bonds. The molecule has 0 saturated heterocycles. The van der Waals surface area contributed by atoms with Crippen LogP contribution < -0.4 is 5.32 Å². The van der Waals surface area contributed by atoms with Gasteiger partial charge in [0, 0.05) is 11.9 Å². The van der Waals surface area contributed by atoms with Crippen LogP contribution in [0.3, 0.4) is 0 Å². The summed E-state index contributed by atoms with van der Waals surface area (Å²) in [6, 6.07) is 7.47. The number of benzene rings is 1. The summed E-state index contributed by atoms with van der Waals surface area (Å²) in [5.74, 6) is 0.0968. The summed E-state index contributed by atoms with van der Waals surface area (Å²) in [4.78, 5) is 12.1. The van der Waals surface area contributed by atoms with Gasteiger partial charge >= 0.3 is 0 Å². The highest BCUT2D eigenvalue weighted by Crippen LogP contribution is 2.17. The van der Waals surface area contributed by atoms with Gasteiger partial charge in [0.25, 0.3) is 5.91 Å². The summed E-state index contributed by atoms with van der Waals surface area (Å²) in [5.41, 5.74) is 0.281. The number of fused-ring (bicyclic) bond motifs is 1. The van der Waals surface area contributed by atoms with Gasteiger partial charge in [-0.3, -0.25) is 9.89 Å². The van der Waals surface area contributed by atoms with Gasteiger partial charge in [-0.05, 0) is 25.3 Å². The Morgan fingerprint density at radius 1 is 1.45 bits per heavy atom. The van der Waals surface area contributed by atoms with Gasteiger partial charge in [0.2, 0.25) is 0 Å². The average molecular weight is 275 g/mol. The fourth-order valence-corrected chi connectivity index (χ4v) is 2.44. The van der Waals surface area contributed by atoms with E-state index in [1.807, 2.05) is 38.1 Å². The minimum absolute atomic E-state index is 0.213. The number of aromatic nitrogens is 2. The Morgan fingerprint density at radius 3 is 2.85 bits per heavy atom. The van der Waals surface area contributed by atoms with Gasteiger partial charge in [-0.25, -0.2) is 0 Å². The number of hydrogen-bond donors (Lipinski definition) is 3. The maximum absolute atomic E-state index is 12.1. The lowest BCUT2D eigenvalue weighted by Crippen LogP contribution is -2.41. The minimum atomic E-state index is -0.907. The number of nitrogens with zero attached hydrogens (tertiary/aromatic N) is 1. The van der Waals surface area contributed by atoms with Gasteiger partial charge < -0.3 is 10.4 Å². The largest absolute Gasteiger partial charge is 0.388 e. The zero-order chi connectivity index (χ0) is 14.8. The molecule has 1 aromatic heterocycles. The lowest BCUT2D eigenvalue weighted by atomic mass is 9.94. The number of aromatic amines is 1. The van der Waals surface area contributed by atoms with Crippen molar-refractivity contribution in [2.45, 2.75) is 32.8 Å². The minimum Gasteiger partial charge on any atom is -0.388 e. The van der Waals surface area contributed by atoms with E-state index in [1.165, 1.54) is 0 Å². The molecule has 5 nitrogen and oxygen atoms in total. The Kier molecular flexibility index (Phi) is 4.09. The Labute approximate surface area is 118 Å². The zero-order valence-electron chi connectivity index (χ0n) is 12.1. The summed E-state index contributed by atoms with van der Waals surface area (Å²) >= 11 is 0. The zero-order valence-corrected chi connectivity index (χ0v) is 12.1. The average Bonchev–Trinajstić information content (AvgIpc) is 2.78. The van der Waals surface area contributed by atoms with Crippen LogP contribution in [0.2, 0.25) is 0 Å². The molecular weight excluding hydrogens is 254 g/mol. The van der Waals surface area contributed by atoms with Crippen LogP contribution in [0.5, 0.6) is 0 Å². The molecule has 0 aliphatic rings. The number of hydrogen-bond acceptors (Lipinski definition) is 3. The number of amides is 1. The van der Waals surface area contributed by atoms with Gasteiger partial charge in [-0.15, -0.1) is 0 Å². The third kappa shape index (κ3) is 3.36. The number of para-hydroxylation sites is 1. The van der Waals surface area contributed by atoms with E-state index in [-0.39, 0.29) is 12.5 Å². The molecule has 0 aliphatic heterocycles. The van der Waals surface area contributed by atoms with E-state index in [4.69, 9.17) is 0 Å². The standard InChI is InChI=1S/C15H21N3O2/c1-10(2)8-15(3,20)9-16-14(19)13-11-6-4-5-7-12(11)17-18-13/h4-7,10,20H,8-9H2,1-3H3,(H,16,19)(H,17,18). The lowest BCUT2D eigenvalue weighted by molar-refractivity contribution is 0.0368. The molecule has 0 spiro atoms. The number of H-pyrrole nitrogens is 1. The van der Waals surface area contributed by atoms with Crippen molar-refractivity contribution in [2.24, 2.45) is 5.92 Å². The molecule has 3 N–H and O–H groups in total. The van der Waals surface area contributed by atoms with Crippen LogP contribution in [0.25, 0.3) is 10.9 Å². The number of rotatable bonds is 5. The summed E-state index contributed by atoms with van der Waals surface area (Å²) in [6.07, 6.45) is 0.634. The topological polar surface area (TPSA) is 78.0 Å². The van der Waals surface area contributed by atoms with Crippen molar-refractivity contribution >= 4 is 16.8 Å². The monoisotopic (exact) mass is 275 g/mol. The highest BCUT2D eigenvalue weighted by Gasteiger charge is 2.23. The second-order valence-corrected chi connectivity index (χ2v) is 5.90. The molecule has 20 heavy (non-hydrogen) atoms. The summed E-state index contributed by atoms with van der Waals surface area (Å²) in [5, 5.41) is 20.6. The molecule has 2 rings (SSSR count). The van der Waals surface area contributed by atoms with Crippen LogP contribution in [-0.2, 0) is 0 Å². The van der Waals surface area contributed by atoms with Crippen molar-refractivity contribution in [1.29, 1.82) is 0 Å². The molecule has 0 bridgehead atoms. The van der Waals surface area contributed by atoms with Crippen LogP contribution in [0.15, 0.2) is 24.3 Å². The van der Waals surface area contributed by atoms with E-state index in [0.29, 0.717) is 18.0 Å². The molecular formula is C15H21N3O2. The van der Waals surface area contributed by atoms with Crippen molar-refractivity contribution in [3.8, 4) is 0 Å². The van der Waals surface area contributed by atoms with Gasteiger partial charge in [-0.2, -0.15) is 5.10 Å². The second-order valence-electron chi connectivity index (χ2n) is 5.90. The Bertz CT molecular complexity index is 602. The van der Waals surface area contributed by atoms with Crippen LogP contribution in [0, 0.1) is 5.92 Å². The number of aliphatic hydroxyl groups is 1. The molecule has 0 radical (unpaired) electrons. The van der Waals surface area contributed by atoms with E-state index in [0.717, 1.165) is 10.9 Å². The Morgan fingerprint density at radius 2 is 2.15 bits per heavy atom. The lowest BCUT2D eigenvalue weighted by Gasteiger charge is -2.25. The van der Waals surface area contributed by atoms with Crippen LogP contribution >= 0.6 is 0 Å². The summed E-state index contributed by atoms with van der Waals surface area (Å²) in [7, 11) is 0. The molecule has 2 aromatic rings. The fraction of sp³-hybridized carbons (Fsp3) is 0.467. The van der Waals surface area contributed by atoms with Gasteiger partial charge in [0.1, 0.15) is 0 Å². The smallest absolute Gasteiger partial charge is 0.272 e. The molecule has 0 fully saturated rings. The molecule has 5 heteroatoms. The quantitative estimate of drug-likeness (QED) is 0.782. The maximum Gasteiger partial charge on any atom is 0.272 e. The van der Waals surface area contributed by atoms with E-state index >= 15 is 0 Å². The number of nitrogens with one attached hydrogen (secondary N) is 2. The van der Waals surface area contributed by atoms with Gasteiger partial charge in [-0.1, -0.05) is 32.0 Å². The van der Waals surface area contributed by atoms with E-state index in [9.17, 15) is 9.90 Å². The van der Waals surface area contributed by atoms with Crippen molar-refractivity contribution in [3.63, 3.8) is 0 Å². The highest BCUT2D eigenvalue weighted by molar-refractivity contribution is 6.04. The third-order valence-corrected chi connectivity index (χ3v) is 3.16. The molecule has 1 heterocycles. The molecule has 1 unspecified atom stereocenters. The van der Waals surface area contributed by atoms with Crippen LogP contribution in [0.4, 0.5) is 0 Å². The summed E-state index contributed by atoms with van der Waals surface area (Å²) < 4.78 is 0.